The lowest BCUT2D eigenvalue weighted by atomic mass is 10.3. The van der Waals surface area contributed by atoms with Crippen LogP contribution in [0.5, 0.6) is 0 Å². The monoisotopic (exact) mass is 227 g/mol. The van der Waals surface area contributed by atoms with Crippen molar-refractivity contribution in [2.45, 2.75) is 13.5 Å². The van der Waals surface area contributed by atoms with Gasteiger partial charge in [0, 0.05) is 12.6 Å². The molecule has 0 aliphatic heterocycles. The number of hydrogen-bond acceptors (Lipinski definition) is 1. The lowest BCUT2D eigenvalue weighted by molar-refractivity contribution is 0.730. The normalized spacial score (nSPS) is 9.83. The molecule has 0 fully saturated rings. The first-order chi connectivity index (χ1) is 5.61. The highest BCUT2D eigenvalue weighted by atomic mass is 79.9. The Balaban J connectivity index is 3.13. The van der Waals surface area contributed by atoms with Gasteiger partial charge in [0.1, 0.15) is 0 Å². The van der Waals surface area contributed by atoms with Gasteiger partial charge < -0.3 is 0 Å². The first-order valence-electron chi connectivity index (χ1n) is 3.61. The number of halogens is 1. The van der Waals surface area contributed by atoms with Crippen LogP contribution in [0.2, 0.25) is 0 Å². The summed E-state index contributed by atoms with van der Waals surface area (Å²) in [5, 5.41) is 0. The molecule has 12 heavy (non-hydrogen) atoms. The summed E-state index contributed by atoms with van der Waals surface area (Å²) in [6, 6.07) is 5.10. The van der Waals surface area contributed by atoms with E-state index in [4.69, 9.17) is 0 Å². The van der Waals surface area contributed by atoms with Crippen molar-refractivity contribution in [3.63, 3.8) is 0 Å². The zero-order chi connectivity index (χ0) is 9.14. The standard InChI is InChI=1S/C9H10BrNO/c1-7(2)6-11-8(10)4-3-5-9(11)12/h3-5H,1,6H2,2H3. The van der Waals surface area contributed by atoms with Crippen LogP contribution >= 0.6 is 15.9 Å². The van der Waals surface area contributed by atoms with Gasteiger partial charge in [0.2, 0.25) is 0 Å². The maximum Gasteiger partial charge on any atom is 0.251 e. The number of allylic oxidation sites excluding steroid dienone is 1. The average molecular weight is 228 g/mol. The second-order valence-electron chi connectivity index (χ2n) is 2.73. The summed E-state index contributed by atoms with van der Waals surface area (Å²) in [6.45, 7) is 6.22. The van der Waals surface area contributed by atoms with Crippen LogP contribution in [0.4, 0.5) is 0 Å². The van der Waals surface area contributed by atoms with E-state index in [9.17, 15) is 4.79 Å². The Hall–Kier alpha value is -0.830. The van der Waals surface area contributed by atoms with Crippen LogP contribution in [0, 0.1) is 0 Å². The molecule has 0 unspecified atom stereocenters. The molecule has 0 amide bonds. The minimum atomic E-state index is -0.00706. The predicted molar refractivity (Wildman–Crippen MR) is 53.2 cm³/mol. The van der Waals surface area contributed by atoms with E-state index in [2.05, 4.69) is 22.5 Å². The lowest BCUT2D eigenvalue weighted by Gasteiger charge is -2.06. The van der Waals surface area contributed by atoms with E-state index in [1.807, 2.05) is 13.0 Å². The van der Waals surface area contributed by atoms with Gasteiger partial charge in [0.25, 0.3) is 5.56 Å². The number of rotatable bonds is 2. The predicted octanol–water partition coefficient (Wildman–Crippen LogP) is 2.19. The molecular weight excluding hydrogens is 218 g/mol. The molecule has 0 N–H and O–H groups in total. The molecule has 0 aliphatic rings. The average Bonchev–Trinajstić information content (AvgIpc) is 1.97. The molecule has 0 saturated carbocycles. The van der Waals surface area contributed by atoms with Crippen molar-refractivity contribution in [1.29, 1.82) is 0 Å². The van der Waals surface area contributed by atoms with Gasteiger partial charge in [-0.05, 0) is 28.9 Å². The molecule has 1 aromatic heterocycles. The van der Waals surface area contributed by atoms with Crippen LogP contribution in [0.15, 0.2) is 39.7 Å². The van der Waals surface area contributed by atoms with Crippen LogP contribution in [0.1, 0.15) is 6.92 Å². The van der Waals surface area contributed by atoms with Gasteiger partial charge in [-0.2, -0.15) is 0 Å². The van der Waals surface area contributed by atoms with Gasteiger partial charge in [-0.3, -0.25) is 9.36 Å². The molecule has 3 heteroatoms. The molecule has 0 aliphatic carbocycles. The van der Waals surface area contributed by atoms with Gasteiger partial charge in [0.15, 0.2) is 0 Å². The SMILES string of the molecule is C=C(C)Cn1c(Br)cccc1=O. The molecule has 64 valence electrons. The van der Waals surface area contributed by atoms with Crippen LogP contribution in [0.3, 0.4) is 0 Å². The van der Waals surface area contributed by atoms with Gasteiger partial charge in [0.05, 0.1) is 4.60 Å². The Morgan fingerprint density at radius 3 is 2.83 bits per heavy atom. The van der Waals surface area contributed by atoms with Crippen LogP contribution in [-0.2, 0) is 6.54 Å². The Kier molecular flexibility index (Phi) is 2.87. The summed E-state index contributed by atoms with van der Waals surface area (Å²) >= 11 is 3.30. The molecule has 2 nitrogen and oxygen atoms in total. The highest BCUT2D eigenvalue weighted by molar-refractivity contribution is 9.10. The summed E-state index contributed by atoms with van der Waals surface area (Å²) < 4.78 is 2.42. The summed E-state index contributed by atoms with van der Waals surface area (Å²) in [5.41, 5.74) is 0.955. The van der Waals surface area contributed by atoms with Gasteiger partial charge in [-0.25, -0.2) is 0 Å². The van der Waals surface area contributed by atoms with Gasteiger partial charge in [-0.15, -0.1) is 0 Å². The molecule has 0 spiro atoms. The lowest BCUT2D eigenvalue weighted by Crippen LogP contribution is -2.19. The van der Waals surface area contributed by atoms with Crippen LogP contribution in [0.25, 0.3) is 0 Å². The van der Waals surface area contributed by atoms with Crippen molar-refractivity contribution >= 4 is 15.9 Å². The number of hydrogen-bond donors (Lipinski definition) is 0. The van der Waals surface area contributed by atoms with Crippen molar-refractivity contribution in [2.75, 3.05) is 0 Å². The molecule has 0 saturated heterocycles. The van der Waals surface area contributed by atoms with Gasteiger partial charge >= 0.3 is 0 Å². The fourth-order valence-electron chi connectivity index (χ4n) is 0.918. The maximum atomic E-state index is 11.3. The van der Waals surface area contributed by atoms with Crippen LogP contribution < -0.4 is 5.56 Å². The quantitative estimate of drug-likeness (QED) is 0.561. The third kappa shape index (κ3) is 2.08. The number of nitrogens with zero attached hydrogens (tertiary/aromatic N) is 1. The summed E-state index contributed by atoms with van der Waals surface area (Å²) in [5.74, 6) is 0. The largest absolute Gasteiger partial charge is 0.299 e. The first-order valence-corrected chi connectivity index (χ1v) is 4.40. The Morgan fingerprint density at radius 2 is 2.33 bits per heavy atom. The maximum absolute atomic E-state index is 11.3. The molecule has 0 atom stereocenters. The molecule has 0 bridgehead atoms. The smallest absolute Gasteiger partial charge is 0.251 e. The van der Waals surface area contributed by atoms with E-state index in [0.29, 0.717) is 6.54 Å². The first kappa shape index (κ1) is 9.26. The highest BCUT2D eigenvalue weighted by Crippen LogP contribution is 2.07. The summed E-state index contributed by atoms with van der Waals surface area (Å²) in [7, 11) is 0. The fraction of sp³-hybridized carbons (Fsp3) is 0.222. The van der Waals surface area contributed by atoms with E-state index in [0.717, 1.165) is 10.2 Å². The van der Waals surface area contributed by atoms with E-state index in [1.54, 1.807) is 10.6 Å². The summed E-state index contributed by atoms with van der Waals surface area (Å²) in [4.78, 5) is 11.3. The zero-order valence-corrected chi connectivity index (χ0v) is 8.47. The molecule has 1 rings (SSSR count). The Bertz CT molecular complexity index is 354. The third-order valence-electron chi connectivity index (χ3n) is 1.42. The number of aromatic nitrogens is 1. The Morgan fingerprint density at radius 1 is 1.67 bits per heavy atom. The number of pyridine rings is 1. The second kappa shape index (κ2) is 3.72. The van der Waals surface area contributed by atoms with E-state index < -0.39 is 0 Å². The fourth-order valence-corrected chi connectivity index (χ4v) is 1.37. The van der Waals surface area contributed by atoms with Crippen molar-refractivity contribution in [3.05, 3.63) is 45.3 Å². The zero-order valence-electron chi connectivity index (χ0n) is 6.88. The van der Waals surface area contributed by atoms with Crippen molar-refractivity contribution in [2.24, 2.45) is 0 Å². The van der Waals surface area contributed by atoms with E-state index in [1.165, 1.54) is 6.07 Å². The Labute approximate surface area is 79.7 Å². The van der Waals surface area contributed by atoms with E-state index in [-0.39, 0.29) is 5.56 Å². The van der Waals surface area contributed by atoms with Crippen molar-refractivity contribution < 1.29 is 0 Å². The third-order valence-corrected chi connectivity index (χ3v) is 2.12. The van der Waals surface area contributed by atoms with Crippen LogP contribution in [-0.4, -0.2) is 4.57 Å². The molecule has 0 aromatic carbocycles. The minimum absolute atomic E-state index is 0.00706. The molecular formula is C9H10BrNO. The molecule has 1 aromatic rings. The highest BCUT2D eigenvalue weighted by Gasteiger charge is 1.98. The molecule has 0 radical (unpaired) electrons. The van der Waals surface area contributed by atoms with E-state index >= 15 is 0 Å². The topological polar surface area (TPSA) is 22.0 Å². The second-order valence-corrected chi connectivity index (χ2v) is 3.54. The molecule has 1 heterocycles. The van der Waals surface area contributed by atoms with Crippen molar-refractivity contribution in [3.8, 4) is 0 Å². The minimum Gasteiger partial charge on any atom is -0.299 e. The summed E-state index contributed by atoms with van der Waals surface area (Å²) in [6.07, 6.45) is 0. The van der Waals surface area contributed by atoms with Gasteiger partial charge in [-0.1, -0.05) is 18.2 Å². The van der Waals surface area contributed by atoms with Crippen molar-refractivity contribution in [1.82, 2.24) is 4.57 Å².